The topological polar surface area (TPSA) is 89.5 Å². The van der Waals surface area contributed by atoms with Crippen molar-refractivity contribution >= 4 is 22.4 Å². The lowest BCUT2D eigenvalue weighted by Gasteiger charge is -2.21. The first-order valence-electron chi connectivity index (χ1n) is 6.80. The van der Waals surface area contributed by atoms with Gasteiger partial charge in [0.2, 0.25) is 4.80 Å². The van der Waals surface area contributed by atoms with Gasteiger partial charge in [-0.05, 0) is 31.1 Å². The highest BCUT2D eigenvalue weighted by Crippen LogP contribution is 2.17. The first-order valence-corrected chi connectivity index (χ1v) is 7.61. The smallest absolute Gasteiger partial charge is 0.333 e. The highest BCUT2D eigenvalue weighted by molar-refractivity contribution is 7.12. The quantitative estimate of drug-likeness (QED) is 0.686. The van der Waals surface area contributed by atoms with Crippen LogP contribution in [0, 0.1) is 10.1 Å². The van der Waals surface area contributed by atoms with Crippen LogP contribution in [0.5, 0.6) is 0 Å². The fourth-order valence-electron chi connectivity index (χ4n) is 2.31. The van der Waals surface area contributed by atoms with Crippen LogP contribution in [0.3, 0.4) is 0 Å². The molecule has 2 amide bonds. The average molecular weight is 298 g/mol. The van der Waals surface area contributed by atoms with E-state index in [0.717, 1.165) is 37.0 Å². The molecule has 0 aromatic carbocycles. The standard InChI is InChI=1S/C12H18N4O3S/c1-2-15-8-10(16(18)19)20-12(15)14-11(17)13-9-6-4-3-5-7-9/h8-9H,2-7H2,1H3,(H,13,17)/b14-12-. The lowest BCUT2D eigenvalue weighted by atomic mass is 9.96. The molecular formula is C12H18N4O3S. The molecule has 1 fully saturated rings. The van der Waals surface area contributed by atoms with Crippen molar-refractivity contribution in [3.8, 4) is 0 Å². The Morgan fingerprint density at radius 3 is 2.85 bits per heavy atom. The van der Waals surface area contributed by atoms with Crippen molar-refractivity contribution in [3.05, 3.63) is 21.1 Å². The summed E-state index contributed by atoms with van der Waals surface area (Å²) >= 11 is 0.919. The maximum absolute atomic E-state index is 11.9. The zero-order valence-corrected chi connectivity index (χ0v) is 12.2. The van der Waals surface area contributed by atoms with Crippen LogP contribution in [0.1, 0.15) is 39.0 Å². The predicted molar refractivity (Wildman–Crippen MR) is 75.6 cm³/mol. The highest BCUT2D eigenvalue weighted by atomic mass is 32.1. The number of amides is 2. The Balaban J connectivity index is 2.12. The Morgan fingerprint density at radius 2 is 2.25 bits per heavy atom. The number of hydrogen-bond acceptors (Lipinski definition) is 4. The predicted octanol–water partition coefficient (Wildman–Crippen LogP) is 2.42. The number of nitro groups is 1. The van der Waals surface area contributed by atoms with Gasteiger partial charge in [-0.25, -0.2) is 4.79 Å². The zero-order chi connectivity index (χ0) is 14.5. The van der Waals surface area contributed by atoms with Gasteiger partial charge < -0.3 is 9.88 Å². The van der Waals surface area contributed by atoms with E-state index in [-0.39, 0.29) is 11.0 Å². The van der Waals surface area contributed by atoms with Crippen molar-refractivity contribution in [2.75, 3.05) is 0 Å². The van der Waals surface area contributed by atoms with Crippen molar-refractivity contribution in [1.82, 2.24) is 9.88 Å². The van der Waals surface area contributed by atoms with Gasteiger partial charge in [-0.15, -0.1) is 0 Å². The molecule has 110 valence electrons. The van der Waals surface area contributed by atoms with Gasteiger partial charge in [0.1, 0.15) is 0 Å². The van der Waals surface area contributed by atoms with Crippen LogP contribution in [0.25, 0.3) is 0 Å². The summed E-state index contributed by atoms with van der Waals surface area (Å²) in [6, 6.07) is -0.221. The summed E-state index contributed by atoms with van der Waals surface area (Å²) in [6.07, 6.45) is 6.86. The normalized spacial score (nSPS) is 17.1. The molecule has 0 unspecified atom stereocenters. The number of aryl methyl sites for hydroxylation is 1. The summed E-state index contributed by atoms with van der Waals surface area (Å²) in [6.45, 7) is 2.40. The number of rotatable bonds is 3. The molecule has 1 heterocycles. The summed E-state index contributed by atoms with van der Waals surface area (Å²) in [4.78, 5) is 26.5. The Kier molecular flexibility index (Phi) is 4.89. The maximum atomic E-state index is 11.9. The molecule has 0 aliphatic heterocycles. The highest BCUT2D eigenvalue weighted by Gasteiger charge is 2.16. The molecule has 0 saturated heterocycles. The third-order valence-electron chi connectivity index (χ3n) is 3.36. The fraction of sp³-hybridized carbons (Fsp3) is 0.667. The fourth-order valence-corrected chi connectivity index (χ4v) is 3.17. The third kappa shape index (κ3) is 3.66. The molecule has 1 aromatic rings. The molecule has 0 spiro atoms. The van der Waals surface area contributed by atoms with Gasteiger partial charge in [0.15, 0.2) is 0 Å². The van der Waals surface area contributed by atoms with E-state index in [2.05, 4.69) is 10.3 Å². The van der Waals surface area contributed by atoms with Crippen molar-refractivity contribution in [2.24, 2.45) is 4.99 Å². The zero-order valence-electron chi connectivity index (χ0n) is 11.4. The Bertz CT molecular complexity index is 557. The van der Waals surface area contributed by atoms with Crippen LogP contribution < -0.4 is 10.1 Å². The second-order valence-corrected chi connectivity index (χ2v) is 5.78. The number of aromatic nitrogens is 1. The number of thiazole rings is 1. The number of carbonyl (C=O) groups excluding carboxylic acids is 1. The molecule has 1 saturated carbocycles. The van der Waals surface area contributed by atoms with Crippen molar-refractivity contribution in [3.63, 3.8) is 0 Å². The van der Waals surface area contributed by atoms with Crippen LogP contribution >= 0.6 is 11.3 Å². The van der Waals surface area contributed by atoms with Crippen molar-refractivity contribution in [1.29, 1.82) is 0 Å². The first kappa shape index (κ1) is 14.7. The second kappa shape index (κ2) is 6.65. The van der Waals surface area contributed by atoms with E-state index < -0.39 is 11.0 Å². The number of nitrogens with zero attached hydrogens (tertiary/aromatic N) is 3. The van der Waals surface area contributed by atoms with E-state index in [0.29, 0.717) is 11.3 Å². The largest absolute Gasteiger partial charge is 0.343 e. The van der Waals surface area contributed by atoms with E-state index >= 15 is 0 Å². The number of carbonyl (C=O) groups is 1. The van der Waals surface area contributed by atoms with Crippen LogP contribution in [-0.2, 0) is 6.54 Å². The lowest BCUT2D eigenvalue weighted by Crippen LogP contribution is -2.35. The van der Waals surface area contributed by atoms with E-state index in [4.69, 9.17) is 0 Å². The molecule has 0 atom stereocenters. The summed E-state index contributed by atoms with van der Waals surface area (Å²) in [5.41, 5.74) is 0. The van der Waals surface area contributed by atoms with E-state index in [1.807, 2.05) is 6.92 Å². The number of hydrogen-bond donors (Lipinski definition) is 1. The lowest BCUT2D eigenvalue weighted by molar-refractivity contribution is -0.380. The molecule has 1 aliphatic rings. The minimum absolute atomic E-state index is 0.00364. The summed E-state index contributed by atoms with van der Waals surface area (Å²) in [7, 11) is 0. The van der Waals surface area contributed by atoms with Gasteiger partial charge in [0, 0.05) is 12.6 Å². The third-order valence-corrected chi connectivity index (χ3v) is 4.33. The molecule has 0 radical (unpaired) electrons. The van der Waals surface area contributed by atoms with Gasteiger partial charge >= 0.3 is 11.0 Å². The van der Waals surface area contributed by atoms with Gasteiger partial charge in [0.25, 0.3) is 0 Å². The molecule has 1 aliphatic carbocycles. The van der Waals surface area contributed by atoms with Gasteiger partial charge in [-0.2, -0.15) is 4.99 Å². The van der Waals surface area contributed by atoms with Crippen LogP contribution in [-0.4, -0.2) is 21.6 Å². The van der Waals surface area contributed by atoms with Gasteiger partial charge in [-0.1, -0.05) is 19.3 Å². The first-order chi connectivity index (χ1) is 9.60. The minimum atomic E-state index is -0.463. The minimum Gasteiger partial charge on any atom is -0.333 e. The molecule has 8 heteroatoms. The number of urea groups is 1. The molecule has 1 aromatic heterocycles. The number of nitrogens with one attached hydrogen (secondary N) is 1. The molecule has 7 nitrogen and oxygen atoms in total. The second-order valence-electron chi connectivity index (χ2n) is 4.79. The summed E-state index contributed by atoms with van der Waals surface area (Å²) in [5, 5.41) is 13.6. The van der Waals surface area contributed by atoms with Crippen LogP contribution in [0.2, 0.25) is 0 Å². The van der Waals surface area contributed by atoms with Gasteiger partial charge in [0.05, 0.1) is 11.1 Å². The Hall–Kier alpha value is -1.70. The average Bonchev–Trinajstić information content (AvgIpc) is 2.83. The Morgan fingerprint density at radius 1 is 1.55 bits per heavy atom. The van der Waals surface area contributed by atoms with E-state index in [1.165, 1.54) is 12.6 Å². The van der Waals surface area contributed by atoms with Crippen LogP contribution in [0.4, 0.5) is 9.80 Å². The van der Waals surface area contributed by atoms with Gasteiger partial charge in [-0.3, -0.25) is 10.1 Å². The maximum Gasteiger partial charge on any atom is 0.343 e. The molecule has 0 bridgehead atoms. The molecule has 1 N–H and O–H groups in total. The van der Waals surface area contributed by atoms with Crippen LogP contribution in [0.15, 0.2) is 11.2 Å². The van der Waals surface area contributed by atoms with Crippen molar-refractivity contribution in [2.45, 2.75) is 51.6 Å². The summed E-state index contributed by atoms with van der Waals surface area (Å²) in [5.74, 6) is 0. The monoisotopic (exact) mass is 298 g/mol. The Labute approximate surface area is 120 Å². The van der Waals surface area contributed by atoms with Crippen molar-refractivity contribution < 1.29 is 9.72 Å². The van der Waals surface area contributed by atoms with E-state index in [9.17, 15) is 14.9 Å². The SMILES string of the molecule is CCn1cc([N+](=O)[O-])s/c1=N\C(=O)NC1CCCCC1. The summed E-state index contributed by atoms with van der Waals surface area (Å²) < 4.78 is 1.61. The van der Waals surface area contributed by atoms with E-state index in [1.54, 1.807) is 4.57 Å². The molecule has 2 rings (SSSR count). The molecule has 20 heavy (non-hydrogen) atoms. The molecular weight excluding hydrogens is 280 g/mol.